The van der Waals surface area contributed by atoms with Gasteiger partial charge in [-0.1, -0.05) is 30.8 Å². The van der Waals surface area contributed by atoms with Crippen LogP contribution in [0.4, 0.5) is 0 Å². The smallest absolute Gasteiger partial charge is 0.166 e. The second kappa shape index (κ2) is 2.11. The number of hydrogen-bond acceptors (Lipinski definition) is 1. The number of allylic oxidation sites excluding steroid dienone is 1. The van der Waals surface area contributed by atoms with Gasteiger partial charge in [0, 0.05) is 11.8 Å². The summed E-state index contributed by atoms with van der Waals surface area (Å²) in [6.07, 6.45) is 0.969. The zero-order valence-corrected chi connectivity index (χ0v) is 7.29. The standard InChI is InChI=1S/C12H10O/c1-7-10-6-11(12(7)13)9-5-3-2-4-8(9)10/h2-5,10-11H,1,6H2. The molecule has 0 amide bonds. The van der Waals surface area contributed by atoms with Gasteiger partial charge in [-0.15, -0.1) is 0 Å². The lowest BCUT2D eigenvalue weighted by molar-refractivity contribution is -0.115. The molecule has 1 heteroatoms. The fourth-order valence-electron chi connectivity index (χ4n) is 2.61. The largest absolute Gasteiger partial charge is 0.294 e. The molecule has 0 spiro atoms. The van der Waals surface area contributed by atoms with E-state index in [1.54, 1.807) is 0 Å². The Hall–Kier alpha value is -1.37. The Kier molecular flexibility index (Phi) is 1.15. The lowest BCUT2D eigenvalue weighted by Gasteiger charge is -2.15. The highest BCUT2D eigenvalue weighted by molar-refractivity contribution is 6.06. The van der Waals surface area contributed by atoms with E-state index >= 15 is 0 Å². The molecule has 0 N–H and O–H groups in total. The zero-order chi connectivity index (χ0) is 9.00. The molecule has 2 atom stereocenters. The number of carbonyl (C=O) groups is 1. The van der Waals surface area contributed by atoms with E-state index in [0.717, 1.165) is 12.0 Å². The van der Waals surface area contributed by atoms with Crippen LogP contribution in [0.15, 0.2) is 36.4 Å². The van der Waals surface area contributed by atoms with Crippen LogP contribution in [0.2, 0.25) is 0 Å². The molecular formula is C12H10O. The number of fused-ring (bicyclic) bond motifs is 5. The Balaban J connectivity index is 2.27. The van der Waals surface area contributed by atoms with E-state index < -0.39 is 0 Å². The van der Waals surface area contributed by atoms with Crippen molar-refractivity contribution < 1.29 is 4.79 Å². The highest BCUT2D eigenvalue weighted by atomic mass is 16.1. The lowest BCUT2D eigenvalue weighted by Crippen LogP contribution is -2.11. The fourth-order valence-corrected chi connectivity index (χ4v) is 2.61. The maximum absolute atomic E-state index is 11.6. The second-order valence-electron chi connectivity index (χ2n) is 3.86. The van der Waals surface area contributed by atoms with Gasteiger partial charge >= 0.3 is 0 Å². The zero-order valence-electron chi connectivity index (χ0n) is 7.29. The van der Waals surface area contributed by atoms with Gasteiger partial charge in [0.05, 0.1) is 0 Å². The average Bonchev–Trinajstić information content (AvgIpc) is 2.66. The monoisotopic (exact) mass is 170 g/mol. The normalized spacial score (nSPS) is 29.5. The molecule has 1 nitrogen and oxygen atoms in total. The summed E-state index contributed by atoms with van der Waals surface area (Å²) >= 11 is 0. The summed E-state index contributed by atoms with van der Waals surface area (Å²) in [4.78, 5) is 11.6. The molecule has 3 rings (SSSR count). The van der Waals surface area contributed by atoms with Gasteiger partial charge in [-0.05, 0) is 23.1 Å². The number of hydrogen-bond donors (Lipinski definition) is 0. The van der Waals surface area contributed by atoms with E-state index in [-0.39, 0.29) is 11.7 Å². The number of ketones is 1. The van der Waals surface area contributed by atoms with Crippen molar-refractivity contribution in [1.29, 1.82) is 0 Å². The van der Waals surface area contributed by atoms with Crippen LogP contribution in [-0.2, 0) is 4.79 Å². The summed E-state index contributed by atoms with van der Waals surface area (Å²) in [5.74, 6) is 0.728. The van der Waals surface area contributed by atoms with Crippen LogP contribution in [-0.4, -0.2) is 5.78 Å². The number of Topliss-reactive ketones (excluding diaryl/α,β-unsaturated/α-hetero) is 1. The van der Waals surface area contributed by atoms with Crippen molar-refractivity contribution in [3.05, 3.63) is 47.5 Å². The van der Waals surface area contributed by atoms with Crippen LogP contribution >= 0.6 is 0 Å². The van der Waals surface area contributed by atoms with E-state index in [1.807, 2.05) is 12.1 Å². The molecule has 2 bridgehead atoms. The minimum absolute atomic E-state index is 0.133. The van der Waals surface area contributed by atoms with E-state index in [4.69, 9.17) is 0 Å². The van der Waals surface area contributed by atoms with Crippen molar-refractivity contribution >= 4 is 5.78 Å². The van der Waals surface area contributed by atoms with Gasteiger partial charge in [-0.3, -0.25) is 4.79 Å². The first kappa shape index (κ1) is 7.07. The third-order valence-corrected chi connectivity index (χ3v) is 3.27. The minimum Gasteiger partial charge on any atom is -0.294 e. The summed E-state index contributed by atoms with van der Waals surface area (Å²) < 4.78 is 0. The van der Waals surface area contributed by atoms with Crippen LogP contribution in [0, 0.1) is 0 Å². The predicted octanol–water partition coefficient (Wildman–Crippen LogP) is 2.40. The molecule has 0 radical (unpaired) electrons. The molecule has 1 saturated carbocycles. The number of carbonyl (C=O) groups excluding carboxylic acids is 1. The van der Waals surface area contributed by atoms with Crippen LogP contribution in [0.5, 0.6) is 0 Å². The summed E-state index contributed by atoms with van der Waals surface area (Å²) in [7, 11) is 0. The van der Waals surface area contributed by atoms with E-state index in [2.05, 4.69) is 18.7 Å². The van der Waals surface area contributed by atoms with Crippen molar-refractivity contribution in [2.24, 2.45) is 0 Å². The quantitative estimate of drug-likeness (QED) is 0.546. The molecule has 0 aromatic heterocycles. The van der Waals surface area contributed by atoms with Gasteiger partial charge in [0.25, 0.3) is 0 Å². The molecule has 64 valence electrons. The molecular weight excluding hydrogens is 160 g/mol. The molecule has 1 aromatic rings. The first-order chi connectivity index (χ1) is 6.29. The first-order valence-electron chi connectivity index (χ1n) is 4.61. The van der Waals surface area contributed by atoms with Crippen molar-refractivity contribution in [3.63, 3.8) is 0 Å². The Morgan fingerprint density at radius 2 is 1.77 bits per heavy atom. The van der Waals surface area contributed by atoms with Crippen LogP contribution in [0.3, 0.4) is 0 Å². The topological polar surface area (TPSA) is 17.1 Å². The lowest BCUT2D eigenvalue weighted by atomic mass is 9.88. The van der Waals surface area contributed by atoms with E-state index in [0.29, 0.717) is 5.92 Å². The fraction of sp³-hybridized carbons (Fsp3) is 0.250. The van der Waals surface area contributed by atoms with Gasteiger partial charge in [-0.25, -0.2) is 0 Å². The first-order valence-corrected chi connectivity index (χ1v) is 4.61. The SMILES string of the molecule is C=C1C(=O)C2CC1c1ccccc12. The average molecular weight is 170 g/mol. The maximum Gasteiger partial charge on any atom is 0.166 e. The van der Waals surface area contributed by atoms with Crippen molar-refractivity contribution in [3.8, 4) is 0 Å². The molecule has 0 heterocycles. The molecule has 1 fully saturated rings. The molecule has 2 unspecified atom stereocenters. The third kappa shape index (κ3) is 0.700. The molecule has 2 aliphatic rings. The van der Waals surface area contributed by atoms with Gasteiger partial charge < -0.3 is 0 Å². The minimum atomic E-state index is 0.133. The Morgan fingerprint density at radius 1 is 1.15 bits per heavy atom. The predicted molar refractivity (Wildman–Crippen MR) is 50.7 cm³/mol. The molecule has 0 aliphatic heterocycles. The van der Waals surface area contributed by atoms with Crippen LogP contribution in [0.25, 0.3) is 0 Å². The van der Waals surface area contributed by atoms with Crippen molar-refractivity contribution in [1.82, 2.24) is 0 Å². The Bertz CT molecular complexity index is 378. The summed E-state index contributed by atoms with van der Waals surface area (Å²) in [5.41, 5.74) is 3.39. The van der Waals surface area contributed by atoms with Gasteiger partial charge in [0.15, 0.2) is 5.78 Å². The van der Waals surface area contributed by atoms with E-state index in [1.165, 1.54) is 11.1 Å². The Morgan fingerprint density at radius 3 is 2.46 bits per heavy atom. The van der Waals surface area contributed by atoms with E-state index in [9.17, 15) is 4.79 Å². The molecule has 0 saturated heterocycles. The van der Waals surface area contributed by atoms with Gasteiger partial charge in [-0.2, -0.15) is 0 Å². The highest BCUT2D eigenvalue weighted by Gasteiger charge is 2.45. The highest BCUT2D eigenvalue weighted by Crippen LogP contribution is 2.52. The van der Waals surface area contributed by atoms with Crippen molar-refractivity contribution in [2.45, 2.75) is 18.3 Å². The van der Waals surface area contributed by atoms with Crippen LogP contribution in [0.1, 0.15) is 29.4 Å². The maximum atomic E-state index is 11.6. The third-order valence-electron chi connectivity index (χ3n) is 3.27. The molecule has 13 heavy (non-hydrogen) atoms. The number of benzene rings is 1. The van der Waals surface area contributed by atoms with Gasteiger partial charge in [0.2, 0.25) is 0 Å². The summed E-state index contributed by atoms with van der Waals surface area (Å²) in [6.45, 7) is 3.87. The summed E-state index contributed by atoms with van der Waals surface area (Å²) in [5, 5.41) is 0. The number of rotatable bonds is 0. The summed E-state index contributed by atoms with van der Waals surface area (Å²) in [6, 6.07) is 8.24. The Labute approximate surface area is 77.1 Å². The molecule has 1 aromatic carbocycles. The van der Waals surface area contributed by atoms with Crippen LogP contribution < -0.4 is 0 Å². The van der Waals surface area contributed by atoms with Crippen molar-refractivity contribution in [2.75, 3.05) is 0 Å². The molecule has 2 aliphatic carbocycles. The second-order valence-corrected chi connectivity index (χ2v) is 3.86. The van der Waals surface area contributed by atoms with Gasteiger partial charge in [0.1, 0.15) is 0 Å².